The van der Waals surface area contributed by atoms with E-state index < -0.39 is 29.0 Å². The Labute approximate surface area is 219 Å². The number of ether oxygens (including phenoxy) is 1. The van der Waals surface area contributed by atoms with Crippen LogP contribution in [0.1, 0.15) is 35.1 Å². The van der Waals surface area contributed by atoms with E-state index in [-0.39, 0.29) is 24.3 Å². The fraction of sp³-hybridized carbons (Fsp3) is 0.269. The minimum absolute atomic E-state index is 0.127. The molecule has 3 N–H and O–H groups in total. The number of carbonyl (C=O) groups excluding carboxylic acids is 2. The predicted octanol–water partition coefficient (Wildman–Crippen LogP) is 6.43. The number of benzene rings is 2. The lowest BCUT2D eigenvalue weighted by atomic mass is 9.75. The number of imidazole rings is 1. The Bertz CT molecular complexity index is 1440. The summed E-state index contributed by atoms with van der Waals surface area (Å²) in [7, 11) is 1.49. The van der Waals surface area contributed by atoms with Crippen molar-refractivity contribution >= 4 is 50.2 Å². The smallest absolute Gasteiger partial charge is 0.377 e. The lowest BCUT2D eigenvalue weighted by Crippen LogP contribution is -2.41. The predicted molar refractivity (Wildman–Crippen MR) is 138 cm³/mol. The number of anilines is 2. The first-order valence-electron chi connectivity index (χ1n) is 11.3. The zero-order valence-corrected chi connectivity index (χ0v) is 21.8. The quantitative estimate of drug-likeness (QED) is 0.315. The van der Waals surface area contributed by atoms with Crippen molar-refractivity contribution in [1.29, 1.82) is 0 Å². The summed E-state index contributed by atoms with van der Waals surface area (Å²) in [4.78, 5) is 33.9. The van der Waals surface area contributed by atoms with Gasteiger partial charge in [0, 0.05) is 28.5 Å². The molecular weight excluding hydrogens is 553 g/mol. The van der Waals surface area contributed by atoms with E-state index in [1.165, 1.54) is 37.5 Å². The maximum atomic E-state index is 13.9. The van der Waals surface area contributed by atoms with Crippen molar-refractivity contribution in [3.05, 3.63) is 75.6 Å². The molecule has 194 valence electrons. The zero-order chi connectivity index (χ0) is 27.0. The fourth-order valence-electron chi connectivity index (χ4n) is 4.11. The Balaban J connectivity index is 1.73. The molecule has 0 spiro atoms. The van der Waals surface area contributed by atoms with Crippen molar-refractivity contribution in [2.75, 3.05) is 17.7 Å². The molecule has 1 aromatic heterocycles. The van der Waals surface area contributed by atoms with E-state index in [4.69, 9.17) is 4.74 Å². The van der Waals surface area contributed by atoms with Gasteiger partial charge in [0.1, 0.15) is 17.9 Å². The van der Waals surface area contributed by atoms with Gasteiger partial charge in [-0.15, -0.1) is 0 Å². The van der Waals surface area contributed by atoms with Crippen molar-refractivity contribution in [1.82, 2.24) is 9.97 Å². The minimum Gasteiger partial charge on any atom is -0.377 e. The zero-order valence-electron chi connectivity index (χ0n) is 20.2. The average Bonchev–Trinajstić information content (AvgIpc) is 3.23. The molecule has 7 nitrogen and oxygen atoms in total. The molecule has 0 fully saturated rings. The lowest BCUT2D eigenvalue weighted by Gasteiger charge is -2.34. The summed E-state index contributed by atoms with van der Waals surface area (Å²) in [6.45, 7) is 2.97. The van der Waals surface area contributed by atoms with Gasteiger partial charge in [0.25, 0.3) is 11.8 Å². The molecule has 0 bridgehead atoms. The van der Waals surface area contributed by atoms with E-state index in [0.29, 0.717) is 22.5 Å². The molecule has 2 amide bonds. The highest BCUT2D eigenvalue weighted by atomic mass is 79.9. The van der Waals surface area contributed by atoms with Crippen LogP contribution < -0.4 is 10.6 Å². The van der Waals surface area contributed by atoms with Crippen LogP contribution in [0.4, 0.5) is 24.5 Å². The number of methoxy groups -OCH3 is 1. The Kier molecular flexibility index (Phi) is 7.29. The number of halogens is 4. The minimum atomic E-state index is -4.63. The number of hydrogen-bond acceptors (Lipinski definition) is 4. The number of carbonyl (C=O) groups is 2. The van der Waals surface area contributed by atoms with Crippen LogP contribution in [0, 0.1) is 12.3 Å². The molecule has 1 atom stereocenters. The van der Waals surface area contributed by atoms with E-state index in [9.17, 15) is 22.8 Å². The van der Waals surface area contributed by atoms with Gasteiger partial charge in [0.2, 0.25) is 0 Å². The van der Waals surface area contributed by atoms with Crippen LogP contribution in [0.3, 0.4) is 0 Å². The number of amides is 2. The summed E-state index contributed by atoms with van der Waals surface area (Å²) >= 11 is 3.43. The highest BCUT2D eigenvalue weighted by Gasteiger charge is 2.55. The van der Waals surface area contributed by atoms with Gasteiger partial charge in [-0.2, -0.15) is 13.2 Å². The summed E-state index contributed by atoms with van der Waals surface area (Å²) in [6, 6.07) is 8.26. The Morgan fingerprint density at radius 3 is 2.68 bits per heavy atom. The van der Waals surface area contributed by atoms with Gasteiger partial charge in [0.05, 0.1) is 16.5 Å². The SMILES string of the molecule is COCc1nc2c(C(=O)Nc3cccc(Br)c3C)cc(NC(=O)C3=CC=CCC3(C)C(F)(F)F)cc2[nH]1. The number of fused-ring (bicyclic) bond motifs is 1. The molecule has 0 saturated heterocycles. The van der Waals surface area contributed by atoms with Crippen LogP contribution in [0.2, 0.25) is 0 Å². The van der Waals surface area contributed by atoms with Crippen LogP contribution in [0.15, 0.2) is 58.6 Å². The standard InChI is InChI=1S/C26H24BrF3N4O3/c1-14-18(27)8-6-9-19(14)33-23(35)16-11-15(12-20-22(16)34-21(32-20)13-37-3)31-24(36)17-7-4-5-10-25(17,2)26(28,29)30/h4-9,11-12H,10,13H2,1-3H3,(H,31,36)(H,32,34)(H,33,35). The van der Waals surface area contributed by atoms with Crippen LogP contribution >= 0.6 is 15.9 Å². The van der Waals surface area contributed by atoms with E-state index in [0.717, 1.165) is 17.0 Å². The molecule has 0 saturated carbocycles. The lowest BCUT2D eigenvalue weighted by molar-refractivity contribution is -0.203. The molecule has 1 unspecified atom stereocenters. The first-order valence-corrected chi connectivity index (χ1v) is 12.1. The molecule has 37 heavy (non-hydrogen) atoms. The number of nitrogens with zero attached hydrogens (tertiary/aromatic N) is 1. The average molecular weight is 577 g/mol. The Morgan fingerprint density at radius 2 is 1.97 bits per heavy atom. The highest BCUT2D eigenvalue weighted by molar-refractivity contribution is 9.10. The molecule has 4 rings (SSSR count). The normalized spacial score (nSPS) is 17.5. The molecule has 1 heterocycles. The van der Waals surface area contributed by atoms with E-state index >= 15 is 0 Å². The summed E-state index contributed by atoms with van der Waals surface area (Å²) < 4.78 is 47.5. The van der Waals surface area contributed by atoms with Gasteiger partial charge in [-0.3, -0.25) is 9.59 Å². The van der Waals surface area contributed by atoms with Crippen molar-refractivity contribution in [3.8, 4) is 0 Å². The molecule has 0 aliphatic heterocycles. The Morgan fingerprint density at radius 1 is 1.22 bits per heavy atom. The van der Waals surface area contributed by atoms with Gasteiger partial charge < -0.3 is 20.4 Å². The second-order valence-electron chi connectivity index (χ2n) is 8.90. The molecule has 1 aliphatic carbocycles. The Hall–Kier alpha value is -3.44. The van der Waals surface area contributed by atoms with Crippen LogP contribution in [0.5, 0.6) is 0 Å². The summed E-state index contributed by atoms with van der Waals surface area (Å²) in [5, 5.41) is 5.39. The largest absolute Gasteiger partial charge is 0.398 e. The second kappa shape index (κ2) is 10.1. The number of rotatable bonds is 6. The van der Waals surface area contributed by atoms with Crippen molar-refractivity contribution < 1.29 is 27.5 Å². The maximum Gasteiger partial charge on any atom is 0.398 e. The monoisotopic (exact) mass is 576 g/mol. The third-order valence-corrected chi connectivity index (χ3v) is 7.18. The maximum absolute atomic E-state index is 13.9. The molecular formula is C26H24BrF3N4O3. The summed E-state index contributed by atoms with van der Waals surface area (Å²) in [6.07, 6.45) is -1.01. The highest BCUT2D eigenvalue weighted by Crippen LogP contribution is 2.48. The van der Waals surface area contributed by atoms with E-state index in [1.807, 2.05) is 13.0 Å². The fourth-order valence-corrected chi connectivity index (χ4v) is 4.47. The number of H-pyrrole nitrogens is 1. The third kappa shape index (κ3) is 5.19. The first kappa shape index (κ1) is 26.6. The van der Waals surface area contributed by atoms with Crippen LogP contribution in [0.25, 0.3) is 11.0 Å². The van der Waals surface area contributed by atoms with Gasteiger partial charge in [-0.25, -0.2) is 4.98 Å². The number of allylic oxidation sites excluding steroid dienone is 3. The summed E-state index contributed by atoms with van der Waals surface area (Å²) in [5.41, 5.74) is -0.371. The van der Waals surface area contributed by atoms with Crippen LogP contribution in [-0.4, -0.2) is 35.1 Å². The van der Waals surface area contributed by atoms with Gasteiger partial charge in [-0.05, 0) is 50.1 Å². The topological polar surface area (TPSA) is 96.1 Å². The summed E-state index contributed by atoms with van der Waals surface area (Å²) in [5.74, 6) is -0.967. The van der Waals surface area contributed by atoms with Crippen molar-refractivity contribution in [2.45, 2.75) is 33.1 Å². The number of hydrogen-bond donors (Lipinski definition) is 3. The second-order valence-corrected chi connectivity index (χ2v) is 9.75. The molecule has 3 aromatic rings. The molecule has 0 radical (unpaired) electrons. The number of aromatic nitrogens is 2. The van der Waals surface area contributed by atoms with Gasteiger partial charge in [0.15, 0.2) is 0 Å². The third-order valence-electron chi connectivity index (χ3n) is 6.32. The molecule has 1 aliphatic rings. The van der Waals surface area contributed by atoms with Crippen molar-refractivity contribution in [2.24, 2.45) is 5.41 Å². The van der Waals surface area contributed by atoms with Gasteiger partial charge in [-0.1, -0.05) is 40.2 Å². The number of nitrogens with one attached hydrogen (secondary N) is 3. The van der Waals surface area contributed by atoms with E-state index in [1.54, 1.807) is 12.1 Å². The van der Waals surface area contributed by atoms with Crippen LogP contribution in [-0.2, 0) is 16.1 Å². The van der Waals surface area contributed by atoms with Crippen molar-refractivity contribution in [3.63, 3.8) is 0 Å². The van der Waals surface area contributed by atoms with Gasteiger partial charge >= 0.3 is 6.18 Å². The number of alkyl halides is 3. The first-order chi connectivity index (χ1) is 17.4. The van der Waals surface area contributed by atoms with E-state index in [2.05, 4.69) is 36.5 Å². The molecule has 2 aromatic carbocycles. The number of aromatic amines is 1. The molecule has 11 heteroatoms.